The van der Waals surface area contributed by atoms with Crippen molar-refractivity contribution in [1.82, 2.24) is 4.90 Å². The van der Waals surface area contributed by atoms with Crippen LogP contribution in [0.25, 0.3) is 0 Å². The first-order chi connectivity index (χ1) is 8.54. The zero-order valence-electron chi connectivity index (χ0n) is 10.6. The van der Waals surface area contributed by atoms with Crippen LogP contribution in [0, 0.1) is 6.92 Å². The summed E-state index contributed by atoms with van der Waals surface area (Å²) >= 11 is 0. The van der Waals surface area contributed by atoms with Crippen LogP contribution in [0.3, 0.4) is 0 Å². The molecule has 18 heavy (non-hydrogen) atoms. The smallest absolute Gasteiger partial charge is 0.261 e. The minimum absolute atomic E-state index is 0.248. The molecule has 1 aliphatic rings. The number of aryl methyl sites for hydroxylation is 1. The summed E-state index contributed by atoms with van der Waals surface area (Å²) in [4.78, 5) is 25.4. The van der Waals surface area contributed by atoms with Crippen molar-refractivity contribution in [3.05, 3.63) is 34.9 Å². The van der Waals surface area contributed by atoms with Crippen molar-refractivity contribution in [1.29, 1.82) is 0 Å². The first kappa shape index (κ1) is 12.8. The van der Waals surface area contributed by atoms with Gasteiger partial charge in [0.05, 0.1) is 17.2 Å². The molecule has 0 aromatic heterocycles. The highest BCUT2D eigenvalue weighted by Gasteiger charge is 2.35. The molecule has 2 amide bonds. The number of carbonyl (C=O) groups excluding carboxylic acids is 2. The molecule has 4 heteroatoms. The lowest BCUT2D eigenvalue weighted by Gasteiger charge is -2.15. The zero-order valence-corrected chi connectivity index (χ0v) is 10.6. The van der Waals surface area contributed by atoms with Crippen LogP contribution in [-0.4, -0.2) is 34.5 Å². The van der Waals surface area contributed by atoms with Crippen molar-refractivity contribution in [3.8, 4) is 0 Å². The third-order valence-electron chi connectivity index (χ3n) is 3.28. The molecule has 0 saturated heterocycles. The lowest BCUT2D eigenvalue weighted by molar-refractivity contribution is 0.0621. The van der Waals surface area contributed by atoms with E-state index in [0.29, 0.717) is 24.0 Å². The summed E-state index contributed by atoms with van der Waals surface area (Å²) in [7, 11) is 0. The van der Waals surface area contributed by atoms with E-state index in [1.54, 1.807) is 12.1 Å². The number of benzene rings is 1. The standard InChI is InChI=1S/C14H17NO3/c1-3-10(16)6-7-15-13(17)11-5-4-9(2)8-12(11)14(15)18/h4-5,8,10,16H,3,6-7H2,1-2H3. The molecule has 1 unspecified atom stereocenters. The second-order valence-corrected chi connectivity index (χ2v) is 4.66. The molecular weight excluding hydrogens is 230 g/mol. The van der Waals surface area contributed by atoms with Gasteiger partial charge in [0.15, 0.2) is 0 Å². The van der Waals surface area contributed by atoms with E-state index in [9.17, 15) is 14.7 Å². The molecule has 1 N–H and O–H groups in total. The number of aliphatic hydroxyl groups is 1. The van der Waals surface area contributed by atoms with Crippen LogP contribution in [0.15, 0.2) is 18.2 Å². The topological polar surface area (TPSA) is 57.6 Å². The summed E-state index contributed by atoms with van der Waals surface area (Å²) in [6.45, 7) is 4.04. The van der Waals surface area contributed by atoms with Crippen molar-refractivity contribution in [2.45, 2.75) is 32.8 Å². The number of rotatable bonds is 4. The first-order valence-electron chi connectivity index (χ1n) is 6.19. The molecule has 1 atom stereocenters. The number of nitrogens with zero attached hydrogens (tertiary/aromatic N) is 1. The van der Waals surface area contributed by atoms with Gasteiger partial charge in [0.1, 0.15) is 0 Å². The van der Waals surface area contributed by atoms with E-state index in [4.69, 9.17) is 0 Å². The van der Waals surface area contributed by atoms with Crippen molar-refractivity contribution in [2.75, 3.05) is 6.54 Å². The molecule has 1 aliphatic heterocycles. The van der Waals surface area contributed by atoms with E-state index in [0.717, 1.165) is 5.56 Å². The van der Waals surface area contributed by atoms with Crippen LogP contribution >= 0.6 is 0 Å². The maximum Gasteiger partial charge on any atom is 0.261 e. The molecular formula is C14H17NO3. The van der Waals surface area contributed by atoms with Crippen molar-refractivity contribution >= 4 is 11.8 Å². The Morgan fingerprint density at radius 3 is 2.56 bits per heavy atom. The molecule has 1 aromatic rings. The highest BCUT2D eigenvalue weighted by molar-refractivity contribution is 6.21. The number of amides is 2. The monoisotopic (exact) mass is 247 g/mol. The molecule has 1 aromatic carbocycles. The molecule has 0 saturated carbocycles. The van der Waals surface area contributed by atoms with Gasteiger partial charge in [-0.05, 0) is 31.9 Å². The summed E-state index contributed by atoms with van der Waals surface area (Å²) in [5, 5.41) is 9.50. The van der Waals surface area contributed by atoms with Crippen LogP contribution in [0.5, 0.6) is 0 Å². The summed E-state index contributed by atoms with van der Waals surface area (Å²) in [5.41, 5.74) is 1.91. The Labute approximate surface area is 106 Å². The average molecular weight is 247 g/mol. The second kappa shape index (κ2) is 4.90. The van der Waals surface area contributed by atoms with E-state index in [-0.39, 0.29) is 18.4 Å². The van der Waals surface area contributed by atoms with Crippen molar-refractivity contribution < 1.29 is 14.7 Å². The Balaban J connectivity index is 2.18. The Bertz CT molecular complexity index is 496. The molecule has 1 heterocycles. The lowest BCUT2D eigenvalue weighted by atomic mass is 10.1. The summed E-state index contributed by atoms with van der Waals surface area (Å²) in [5.74, 6) is -0.500. The lowest BCUT2D eigenvalue weighted by Crippen LogP contribution is -2.32. The van der Waals surface area contributed by atoms with Crippen LogP contribution in [0.2, 0.25) is 0 Å². The summed E-state index contributed by atoms with van der Waals surface area (Å²) in [6.07, 6.45) is 0.597. The Morgan fingerprint density at radius 2 is 1.89 bits per heavy atom. The number of hydrogen-bond donors (Lipinski definition) is 1. The minimum atomic E-state index is -0.462. The minimum Gasteiger partial charge on any atom is -0.393 e. The first-order valence-corrected chi connectivity index (χ1v) is 6.19. The molecule has 96 valence electrons. The maximum absolute atomic E-state index is 12.1. The molecule has 0 radical (unpaired) electrons. The number of aliphatic hydroxyl groups excluding tert-OH is 1. The molecule has 2 rings (SSSR count). The van der Waals surface area contributed by atoms with E-state index < -0.39 is 6.10 Å². The molecule has 0 spiro atoms. The van der Waals surface area contributed by atoms with Gasteiger partial charge in [0.2, 0.25) is 0 Å². The summed E-state index contributed by atoms with van der Waals surface area (Å²) < 4.78 is 0. The fraction of sp³-hybridized carbons (Fsp3) is 0.429. The van der Waals surface area contributed by atoms with Crippen molar-refractivity contribution in [2.24, 2.45) is 0 Å². The molecule has 0 bridgehead atoms. The summed E-state index contributed by atoms with van der Waals surface area (Å²) in [6, 6.07) is 5.27. The fourth-order valence-corrected chi connectivity index (χ4v) is 2.09. The molecule has 0 fully saturated rings. The fourth-order valence-electron chi connectivity index (χ4n) is 2.09. The third-order valence-corrected chi connectivity index (χ3v) is 3.28. The van der Waals surface area contributed by atoms with Gasteiger partial charge in [-0.3, -0.25) is 14.5 Å². The van der Waals surface area contributed by atoms with Crippen LogP contribution in [0.4, 0.5) is 0 Å². The van der Waals surface area contributed by atoms with E-state index >= 15 is 0 Å². The van der Waals surface area contributed by atoms with Crippen molar-refractivity contribution in [3.63, 3.8) is 0 Å². The van der Waals surface area contributed by atoms with Gasteiger partial charge >= 0.3 is 0 Å². The number of carbonyl (C=O) groups is 2. The predicted molar refractivity (Wildman–Crippen MR) is 67.5 cm³/mol. The van der Waals surface area contributed by atoms with E-state index in [2.05, 4.69) is 0 Å². The van der Waals surface area contributed by atoms with Gasteiger partial charge in [0, 0.05) is 6.54 Å². The van der Waals surface area contributed by atoms with Crippen LogP contribution in [0.1, 0.15) is 46.0 Å². The Hall–Kier alpha value is -1.68. The van der Waals surface area contributed by atoms with Gasteiger partial charge in [-0.25, -0.2) is 0 Å². The number of imide groups is 1. The van der Waals surface area contributed by atoms with Gasteiger partial charge in [-0.2, -0.15) is 0 Å². The normalized spacial score (nSPS) is 16.1. The van der Waals surface area contributed by atoms with E-state index in [1.807, 2.05) is 19.9 Å². The van der Waals surface area contributed by atoms with Gasteiger partial charge in [0.25, 0.3) is 11.8 Å². The zero-order chi connectivity index (χ0) is 13.3. The van der Waals surface area contributed by atoms with Crippen LogP contribution in [-0.2, 0) is 0 Å². The number of hydrogen-bond acceptors (Lipinski definition) is 3. The highest BCUT2D eigenvalue weighted by Crippen LogP contribution is 2.24. The largest absolute Gasteiger partial charge is 0.393 e. The quantitative estimate of drug-likeness (QED) is 0.825. The molecule has 0 aliphatic carbocycles. The molecule has 4 nitrogen and oxygen atoms in total. The van der Waals surface area contributed by atoms with Gasteiger partial charge < -0.3 is 5.11 Å². The van der Waals surface area contributed by atoms with Gasteiger partial charge in [-0.1, -0.05) is 18.6 Å². The second-order valence-electron chi connectivity index (χ2n) is 4.66. The maximum atomic E-state index is 12.1. The Kier molecular flexibility index (Phi) is 3.48. The van der Waals surface area contributed by atoms with Crippen LogP contribution < -0.4 is 0 Å². The third kappa shape index (κ3) is 2.16. The Morgan fingerprint density at radius 1 is 1.22 bits per heavy atom. The SMILES string of the molecule is CCC(O)CCN1C(=O)c2ccc(C)cc2C1=O. The highest BCUT2D eigenvalue weighted by atomic mass is 16.3. The average Bonchev–Trinajstić information content (AvgIpc) is 2.59. The van der Waals surface area contributed by atoms with E-state index in [1.165, 1.54) is 4.90 Å². The van der Waals surface area contributed by atoms with Gasteiger partial charge in [-0.15, -0.1) is 0 Å². The number of fused-ring (bicyclic) bond motifs is 1. The predicted octanol–water partition coefficient (Wildman–Crippen LogP) is 1.75.